The first-order chi connectivity index (χ1) is 9.06. The number of aliphatic hydroxyl groups is 1. The van der Waals surface area contributed by atoms with Crippen molar-refractivity contribution in [2.24, 2.45) is 0 Å². The van der Waals surface area contributed by atoms with Gasteiger partial charge in [0, 0.05) is 19.6 Å². The Bertz CT molecular complexity index is 452. The van der Waals surface area contributed by atoms with Crippen LogP contribution in [0.4, 0.5) is 0 Å². The molecule has 1 aliphatic rings. The fraction of sp³-hybridized carbons (Fsp3) is 0.533. The number of hydrogen-bond acceptors (Lipinski definition) is 4. The van der Waals surface area contributed by atoms with E-state index in [1.807, 2.05) is 18.2 Å². The summed E-state index contributed by atoms with van der Waals surface area (Å²) in [5.74, 6) is -0.312. The first-order valence-corrected chi connectivity index (χ1v) is 6.68. The van der Waals surface area contributed by atoms with E-state index < -0.39 is 5.60 Å². The molecule has 0 radical (unpaired) electrons. The van der Waals surface area contributed by atoms with Gasteiger partial charge in [-0.25, -0.2) is 4.79 Å². The lowest BCUT2D eigenvalue weighted by atomic mass is 9.89. The molecule has 0 aromatic heterocycles. The van der Waals surface area contributed by atoms with Crippen LogP contribution in [-0.4, -0.2) is 41.8 Å². The largest absolute Gasteiger partial charge is 0.465 e. The minimum Gasteiger partial charge on any atom is -0.465 e. The fourth-order valence-electron chi connectivity index (χ4n) is 2.69. The Morgan fingerprint density at radius 2 is 2.21 bits per heavy atom. The average molecular weight is 263 g/mol. The van der Waals surface area contributed by atoms with Crippen molar-refractivity contribution in [1.82, 2.24) is 4.90 Å². The molecule has 2 rings (SSSR count). The van der Waals surface area contributed by atoms with E-state index in [1.165, 1.54) is 7.11 Å². The monoisotopic (exact) mass is 263 g/mol. The summed E-state index contributed by atoms with van der Waals surface area (Å²) in [7, 11) is 1.38. The quantitative estimate of drug-likeness (QED) is 0.823. The van der Waals surface area contributed by atoms with Gasteiger partial charge in [0.1, 0.15) is 0 Å². The Kier molecular flexibility index (Phi) is 4.22. The second-order valence-electron chi connectivity index (χ2n) is 5.31. The predicted octanol–water partition coefficient (Wildman–Crippen LogP) is 1.82. The van der Waals surface area contributed by atoms with E-state index in [2.05, 4.69) is 11.8 Å². The number of carbonyl (C=O) groups excluding carboxylic acids is 1. The molecule has 1 saturated heterocycles. The highest BCUT2D eigenvalue weighted by Gasteiger charge is 2.39. The van der Waals surface area contributed by atoms with Gasteiger partial charge in [-0.3, -0.25) is 4.90 Å². The maximum Gasteiger partial charge on any atom is 0.337 e. The molecule has 0 atom stereocenters. The van der Waals surface area contributed by atoms with Gasteiger partial charge in [0.2, 0.25) is 0 Å². The molecule has 0 aliphatic carbocycles. The number of β-amino-alcohol motifs (C(OH)–C–C–N with tert-alkyl or cyclic N) is 1. The molecular weight excluding hydrogens is 242 g/mol. The van der Waals surface area contributed by atoms with Gasteiger partial charge in [-0.15, -0.1) is 0 Å². The molecular formula is C15H21NO3. The van der Waals surface area contributed by atoms with Crippen molar-refractivity contribution in [2.75, 3.05) is 20.2 Å². The molecule has 1 fully saturated rings. The highest BCUT2D eigenvalue weighted by Crippen LogP contribution is 2.27. The molecule has 0 bridgehead atoms. The van der Waals surface area contributed by atoms with Crippen molar-refractivity contribution in [3.8, 4) is 0 Å². The number of methoxy groups -OCH3 is 1. The Morgan fingerprint density at radius 3 is 2.84 bits per heavy atom. The summed E-state index contributed by atoms with van der Waals surface area (Å²) >= 11 is 0. The van der Waals surface area contributed by atoms with Crippen molar-refractivity contribution < 1.29 is 14.6 Å². The van der Waals surface area contributed by atoms with E-state index in [4.69, 9.17) is 4.74 Å². The van der Waals surface area contributed by atoms with Crippen molar-refractivity contribution >= 4 is 5.97 Å². The Hall–Kier alpha value is -1.39. The lowest BCUT2D eigenvalue weighted by molar-refractivity contribution is -0.106. The molecule has 0 unspecified atom stereocenters. The van der Waals surface area contributed by atoms with E-state index in [-0.39, 0.29) is 5.97 Å². The third-order valence-electron chi connectivity index (χ3n) is 3.51. The number of likely N-dealkylation sites (tertiary alicyclic amines) is 1. The van der Waals surface area contributed by atoms with E-state index in [0.29, 0.717) is 18.7 Å². The predicted molar refractivity (Wildman–Crippen MR) is 72.9 cm³/mol. The summed E-state index contributed by atoms with van der Waals surface area (Å²) in [4.78, 5) is 13.6. The topological polar surface area (TPSA) is 49.8 Å². The number of nitrogens with zero attached hydrogens (tertiary/aromatic N) is 1. The average Bonchev–Trinajstić information content (AvgIpc) is 2.36. The molecule has 4 nitrogen and oxygen atoms in total. The standard InChI is InChI=1S/C15H21NO3/c1-3-7-15(18)10-16(11-15)9-12-5-4-6-13(8-12)14(17)19-2/h4-6,8,18H,3,7,9-11H2,1-2H3. The van der Waals surface area contributed by atoms with Crippen LogP contribution in [0.5, 0.6) is 0 Å². The minimum atomic E-state index is -0.505. The number of benzene rings is 1. The molecule has 104 valence electrons. The van der Waals surface area contributed by atoms with Gasteiger partial charge in [0.15, 0.2) is 0 Å². The van der Waals surface area contributed by atoms with E-state index in [0.717, 1.165) is 24.9 Å². The summed E-state index contributed by atoms with van der Waals surface area (Å²) in [6.07, 6.45) is 1.86. The molecule has 19 heavy (non-hydrogen) atoms. The van der Waals surface area contributed by atoms with Crippen LogP contribution in [0.2, 0.25) is 0 Å². The molecule has 1 N–H and O–H groups in total. The van der Waals surface area contributed by atoms with Crippen molar-refractivity contribution in [2.45, 2.75) is 31.9 Å². The third kappa shape index (κ3) is 3.33. The van der Waals surface area contributed by atoms with Crippen molar-refractivity contribution in [3.05, 3.63) is 35.4 Å². The van der Waals surface area contributed by atoms with Crippen LogP contribution in [0.25, 0.3) is 0 Å². The number of rotatable bonds is 5. The zero-order chi connectivity index (χ0) is 13.9. The molecule has 1 aromatic carbocycles. The highest BCUT2D eigenvalue weighted by atomic mass is 16.5. The second kappa shape index (κ2) is 5.72. The maximum atomic E-state index is 11.4. The van der Waals surface area contributed by atoms with Crippen LogP contribution in [-0.2, 0) is 11.3 Å². The van der Waals surface area contributed by atoms with Gasteiger partial charge in [-0.1, -0.05) is 25.5 Å². The summed E-state index contributed by atoms with van der Waals surface area (Å²) in [5.41, 5.74) is 1.14. The highest BCUT2D eigenvalue weighted by molar-refractivity contribution is 5.89. The molecule has 0 spiro atoms. The number of ether oxygens (including phenoxy) is 1. The van der Waals surface area contributed by atoms with Gasteiger partial charge in [0.25, 0.3) is 0 Å². The van der Waals surface area contributed by atoms with E-state index >= 15 is 0 Å². The van der Waals surface area contributed by atoms with Gasteiger partial charge >= 0.3 is 5.97 Å². The molecule has 4 heteroatoms. The van der Waals surface area contributed by atoms with Crippen LogP contribution in [0.15, 0.2) is 24.3 Å². The van der Waals surface area contributed by atoms with Crippen molar-refractivity contribution in [3.63, 3.8) is 0 Å². The first-order valence-electron chi connectivity index (χ1n) is 6.68. The smallest absolute Gasteiger partial charge is 0.337 e. The Labute approximate surface area is 114 Å². The zero-order valence-corrected chi connectivity index (χ0v) is 11.6. The van der Waals surface area contributed by atoms with Gasteiger partial charge in [-0.05, 0) is 24.1 Å². The van der Waals surface area contributed by atoms with Gasteiger partial charge < -0.3 is 9.84 Å². The van der Waals surface area contributed by atoms with Gasteiger partial charge in [-0.2, -0.15) is 0 Å². The second-order valence-corrected chi connectivity index (χ2v) is 5.31. The van der Waals surface area contributed by atoms with Crippen LogP contribution in [0, 0.1) is 0 Å². The van der Waals surface area contributed by atoms with Crippen LogP contribution in [0.3, 0.4) is 0 Å². The van der Waals surface area contributed by atoms with Crippen LogP contribution in [0.1, 0.15) is 35.7 Å². The summed E-state index contributed by atoms with van der Waals surface area (Å²) in [6.45, 7) is 4.27. The van der Waals surface area contributed by atoms with Crippen LogP contribution >= 0.6 is 0 Å². The molecule has 1 aliphatic heterocycles. The first kappa shape index (κ1) is 14.0. The fourth-order valence-corrected chi connectivity index (χ4v) is 2.69. The molecule has 0 saturated carbocycles. The Morgan fingerprint density at radius 1 is 1.47 bits per heavy atom. The van der Waals surface area contributed by atoms with Crippen molar-refractivity contribution in [1.29, 1.82) is 0 Å². The molecule has 0 amide bonds. The molecule has 1 heterocycles. The maximum absolute atomic E-state index is 11.4. The summed E-state index contributed by atoms with van der Waals surface area (Å²) in [6, 6.07) is 7.45. The number of carbonyl (C=O) groups is 1. The minimum absolute atomic E-state index is 0.312. The van der Waals surface area contributed by atoms with Gasteiger partial charge in [0.05, 0.1) is 18.3 Å². The Balaban J connectivity index is 1.93. The van der Waals surface area contributed by atoms with E-state index in [9.17, 15) is 9.90 Å². The van der Waals surface area contributed by atoms with Crippen LogP contribution < -0.4 is 0 Å². The SMILES string of the molecule is CCCC1(O)CN(Cc2cccc(C(=O)OC)c2)C1. The lowest BCUT2D eigenvalue weighted by Crippen LogP contribution is -2.60. The van der Waals surface area contributed by atoms with E-state index in [1.54, 1.807) is 6.07 Å². The summed E-state index contributed by atoms with van der Waals surface area (Å²) in [5, 5.41) is 10.1. The summed E-state index contributed by atoms with van der Waals surface area (Å²) < 4.78 is 4.71. The molecule has 1 aromatic rings. The lowest BCUT2D eigenvalue weighted by Gasteiger charge is -2.46. The number of esters is 1. The zero-order valence-electron chi connectivity index (χ0n) is 11.6. The number of hydrogen-bond donors (Lipinski definition) is 1. The third-order valence-corrected chi connectivity index (χ3v) is 3.51. The normalized spacial score (nSPS) is 17.8.